The average molecular weight is 181 g/mol. The fraction of sp³-hybridized carbons (Fsp3) is 0.250. The number of nitrogens with one attached hydrogen (secondary N) is 1. The van der Waals surface area contributed by atoms with E-state index in [1.807, 2.05) is 0 Å². The largest absolute Gasteiger partial charge is 0.450 e. The van der Waals surface area contributed by atoms with Crippen LogP contribution in [0.4, 0.5) is 16.3 Å². The van der Waals surface area contributed by atoms with E-state index in [1.165, 1.54) is 6.20 Å². The smallest absolute Gasteiger partial charge is 0.412 e. The molecule has 1 heterocycles. The summed E-state index contributed by atoms with van der Waals surface area (Å²) < 4.78 is 4.65. The highest BCUT2D eigenvalue weighted by Crippen LogP contribution is 2.05. The van der Waals surface area contributed by atoms with Crippen molar-refractivity contribution in [1.29, 1.82) is 0 Å². The van der Waals surface area contributed by atoms with Gasteiger partial charge in [-0.2, -0.15) is 0 Å². The Morgan fingerprint density at radius 1 is 1.69 bits per heavy atom. The van der Waals surface area contributed by atoms with Crippen molar-refractivity contribution in [3.8, 4) is 0 Å². The van der Waals surface area contributed by atoms with Crippen molar-refractivity contribution < 1.29 is 9.53 Å². The second-order valence-electron chi connectivity index (χ2n) is 2.32. The first-order chi connectivity index (χ1) is 6.22. The van der Waals surface area contributed by atoms with Gasteiger partial charge in [0.25, 0.3) is 0 Å². The number of amides is 1. The standard InChI is InChI=1S/C8H11N3O2/c1-2-13-8(12)11-7-4-3-6(9)5-10-7/h3-5H,2,9H2,1H3,(H,10,11,12). The van der Waals surface area contributed by atoms with Crippen molar-refractivity contribution in [2.45, 2.75) is 6.92 Å². The zero-order chi connectivity index (χ0) is 9.68. The molecule has 3 N–H and O–H groups in total. The van der Waals surface area contributed by atoms with Crippen LogP contribution in [0.5, 0.6) is 0 Å². The number of nitrogen functional groups attached to an aromatic ring is 1. The molecule has 0 bridgehead atoms. The van der Waals surface area contributed by atoms with Crippen LogP contribution in [-0.2, 0) is 4.74 Å². The number of nitrogens with two attached hydrogens (primary N) is 1. The van der Waals surface area contributed by atoms with Gasteiger partial charge in [-0.3, -0.25) is 5.32 Å². The molecular weight excluding hydrogens is 170 g/mol. The van der Waals surface area contributed by atoms with Gasteiger partial charge < -0.3 is 10.5 Å². The maximum Gasteiger partial charge on any atom is 0.412 e. The third kappa shape index (κ3) is 2.98. The van der Waals surface area contributed by atoms with E-state index < -0.39 is 6.09 Å². The molecule has 0 aromatic carbocycles. The third-order valence-corrected chi connectivity index (χ3v) is 1.29. The number of nitrogens with zero attached hydrogens (tertiary/aromatic N) is 1. The zero-order valence-corrected chi connectivity index (χ0v) is 7.28. The lowest BCUT2D eigenvalue weighted by Gasteiger charge is -2.03. The lowest BCUT2D eigenvalue weighted by atomic mass is 10.4. The quantitative estimate of drug-likeness (QED) is 0.719. The Morgan fingerprint density at radius 2 is 2.46 bits per heavy atom. The van der Waals surface area contributed by atoms with Crippen LogP contribution >= 0.6 is 0 Å². The highest BCUT2D eigenvalue weighted by molar-refractivity contribution is 5.83. The van der Waals surface area contributed by atoms with Crippen LogP contribution in [0.3, 0.4) is 0 Å². The van der Waals surface area contributed by atoms with Crippen LogP contribution in [0.25, 0.3) is 0 Å². The summed E-state index contributed by atoms with van der Waals surface area (Å²) in [5, 5.41) is 2.44. The van der Waals surface area contributed by atoms with Gasteiger partial charge in [0.05, 0.1) is 18.5 Å². The molecule has 0 atom stereocenters. The second-order valence-corrected chi connectivity index (χ2v) is 2.32. The van der Waals surface area contributed by atoms with Crippen LogP contribution in [0.1, 0.15) is 6.92 Å². The lowest BCUT2D eigenvalue weighted by molar-refractivity contribution is 0.168. The summed E-state index contributed by atoms with van der Waals surface area (Å²) in [6, 6.07) is 3.25. The fourth-order valence-electron chi connectivity index (χ4n) is 0.751. The van der Waals surface area contributed by atoms with Crippen molar-refractivity contribution >= 4 is 17.6 Å². The summed E-state index contributed by atoms with van der Waals surface area (Å²) in [5.74, 6) is 0.424. The molecule has 0 aliphatic heterocycles. The van der Waals surface area contributed by atoms with E-state index >= 15 is 0 Å². The molecule has 0 saturated carbocycles. The highest BCUT2D eigenvalue weighted by atomic mass is 16.5. The van der Waals surface area contributed by atoms with Gasteiger partial charge in [0, 0.05) is 0 Å². The van der Waals surface area contributed by atoms with Crippen LogP contribution in [0.15, 0.2) is 18.3 Å². The minimum absolute atomic E-state index is 0.334. The normalized spacial score (nSPS) is 9.31. The molecule has 1 amide bonds. The number of carbonyl (C=O) groups is 1. The summed E-state index contributed by atoms with van der Waals surface area (Å²) in [4.78, 5) is 14.8. The average Bonchev–Trinajstić information content (AvgIpc) is 2.09. The van der Waals surface area contributed by atoms with E-state index in [9.17, 15) is 4.79 Å². The summed E-state index contributed by atoms with van der Waals surface area (Å²) in [7, 11) is 0. The molecule has 1 aromatic rings. The Morgan fingerprint density at radius 3 is 3.00 bits per heavy atom. The Hall–Kier alpha value is -1.78. The first-order valence-electron chi connectivity index (χ1n) is 3.87. The van der Waals surface area contributed by atoms with E-state index in [4.69, 9.17) is 5.73 Å². The van der Waals surface area contributed by atoms with Crippen LogP contribution in [-0.4, -0.2) is 17.7 Å². The van der Waals surface area contributed by atoms with E-state index in [-0.39, 0.29) is 0 Å². The van der Waals surface area contributed by atoms with E-state index in [0.29, 0.717) is 18.1 Å². The van der Waals surface area contributed by atoms with Crippen LogP contribution < -0.4 is 11.1 Å². The molecule has 0 radical (unpaired) electrons. The van der Waals surface area contributed by atoms with Gasteiger partial charge in [-0.1, -0.05) is 0 Å². The number of anilines is 2. The molecule has 0 spiro atoms. The zero-order valence-electron chi connectivity index (χ0n) is 7.28. The number of hydrogen-bond donors (Lipinski definition) is 2. The first-order valence-corrected chi connectivity index (χ1v) is 3.87. The molecule has 1 aromatic heterocycles. The van der Waals surface area contributed by atoms with E-state index in [1.54, 1.807) is 19.1 Å². The number of aromatic nitrogens is 1. The van der Waals surface area contributed by atoms with Gasteiger partial charge in [-0.05, 0) is 19.1 Å². The molecule has 13 heavy (non-hydrogen) atoms. The lowest BCUT2D eigenvalue weighted by Crippen LogP contribution is -2.14. The Bertz CT molecular complexity index is 284. The van der Waals surface area contributed by atoms with Gasteiger partial charge in [-0.15, -0.1) is 0 Å². The minimum Gasteiger partial charge on any atom is -0.450 e. The number of ether oxygens (including phenoxy) is 1. The SMILES string of the molecule is CCOC(=O)Nc1ccc(N)cn1. The summed E-state index contributed by atoms with van der Waals surface area (Å²) in [6.45, 7) is 2.07. The molecule has 5 heteroatoms. The Labute approximate surface area is 75.9 Å². The first kappa shape index (κ1) is 9.31. The molecule has 0 fully saturated rings. The molecule has 0 aliphatic carbocycles. The van der Waals surface area contributed by atoms with Gasteiger partial charge in [0.1, 0.15) is 5.82 Å². The number of pyridine rings is 1. The minimum atomic E-state index is -0.514. The summed E-state index contributed by atoms with van der Waals surface area (Å²) in [6.07, 6.45) is 0.946. The molecule has 0 saturated heterocycles. The molecule has 70 valence electrons. The van der Waals surface area contributed by atoms with Crippen LogP contribution in [0, 0.1) is 0 Å². The Kier molecular flexibility index (Phi) is 3.08. The molecular formula is C8H11N3O2. The van der Waals surface area contributed by atoms with E-state index in [0.717, 1.165) is 0 Å². The number of carbonyl (C=O) groups excluding carboxylic acids is 1. The second kappa shape index (κ2) is 4.30. The van der Waals surface area contributed by atoms with Crippen molar-refractivity contribution in [3.63, 3.8) is 0 Å². The monoisotopic (exact) mass is 181 g/mol. The third-order valence-electron chi connectivity index (χ3n) is 1.29. The molecule has 0 unspecified atom stereocenters. The predicted molar refractivity (Wildman–Crippen MR) is 49.3 cm³/mol. The van der Waals surface area contributed by atoms with Crippen LogP contribution in [0.2, 0.25) is 0 Å². The van der Waals surface area contributed by atoms with Crippen molar-refractivity contribution in [2.75, 3.05) is 17.7 Å². The van der Waals surface area contributed by atoms with Gasteiger partial charge in [0.15, 0.2) is 0 Å². The van der Waals surface area contributed by atoms with Gasteiger partial charge in [-0.25, -0.2) is 9.78 Å². The van der Waals surface area contributed by atoms with Gasteiger partial charge >= 0.3 is 6.09 Å². The van der Waals surface area contributed by atoms with Crippen molar-refractivity contribution in [3.05, 3.63) is 18.3 Å². The highest BCUT2D eigenvalue weighted by Gasteiger charge is 2.01. The summed E-state index contributed by atoms with van der Waals surface area (Å²) >= 11 is 0. The van der Waals surface area contributed by atoms with Gasteiger partial charge in [0.2, 0.25) is 0 Å². The molecule has 5 nitrogen and oxygen atoms in total. The topological polar surface area (TPSA) is 77.2 Å². The maximum absolute atomic E-state index is 10.9. The Balaban J connectivity index is 2.54. The van der Waals surface area contributed by atoms with Crippen molar-refractivity contribution in [1.82, 2.24) is 4.98 Å². The predicted octanol–water partition coefficient (Wildman–Crippen LogP) is 1.23. The maximum atomic E-state index is 10.9. The molecule has 0 aliphatic rings. The van der Waals surface area contributed by atoms with E-state index in [2.05, 4.69) is 15.0 Å². The summed E-state index contributed by atoms with van der Waals surface area (Å²) in [5.41, 5.74) is 5.96. The fourth-order valence-corrected chi connectivity index (χ4v) is 0.751. The number of hydrogen-bond acceptors (Lipinski definition) is 4. The number of rotatable bonds is 2. The van der Waals surface area contributed by atoms with Crippen molar-refractivity contribution in [2.24, 2.45) is 0 Å². The molecule has 1 rings (SSSR count).